The molecular weight excluding hydrogens is 354 g/mol. The highest BCUT2D eigenvalue weighted by atomic mass is 19.4. The zero-order valence-corrected chi connectivity index (χ0v) is 13.7. The third-order valence-corrected chi connectivity index (χ3v) is 4.36. The number of hydrogen-bond donors (Lipinski definition) is 1. The molecule has 1 N–H and O–H groups in total. The van der Waals surface area contributed by atoms with Gasteiger partial charge in [-0.2, -0.15) is 18.3 Å². The predicted octanol–water partition coefficient (Wildman–Crippen LogP) is 2.68. The maximum atomic E-state index is 13.3. The number of amides is 1. The van der Waals surface area contributed by atoms with Crippen molar-refractivity contribution in [3.05, 3.63) is 57.3 Å². The molecule has 0 saturated carbocycles. The number of nitrogens with one attached hydrogen (secondary N) is 1. The van der Waals surface area contributed by atoms with Crippen LogP contribution in [0, 0.1) is 11.7 Å². The summed E-state index contributed by atoms with van der Waals surface area (Å²) in [5, 5.41) is 6.54. The highest BCUT2D eigenvalue weighted by Crippen LogP contribution is 2.33. The molecule has 1 aliphatic carbocycles. The molecule has 0 fully saturated rings. The molecule has 9 heteroatoms. The van der Waals surface area contributed by atoms with Crippen molar-refractivity contribution >= 4 is 11.6 Å². The van der Waals surface area contributed by atoms with Crippen molar-refractivity contribution in [3.63, 3.8) is 0 Å². The molecular formula is C17H15F4N3O2. The summed E-state index contributed by atoms with van der Waals surface area (Å²) in [6.07, 6.45) is -3.63. The van der Waals surface area contributed by atoms with Crippen LogP contribution in [-0.4, -0.2) is 15.7 Å². The minimum Gasteiger partial charge on any atom is -0.326 e. The molecule has 1 atom stereocenters. The van der Waals surface area contributed by atoms with Gasteiger partial charge in [-0.25, -0.2) is 9.07 Å². The number of aromatic nitrogens is 2. The fourth-order valence-corrected chi connectivity index (χ4v) is 2.97. The minimum absolute atomic E-state index is 0.128. The van der Waals surface area contributed by atoms with Crippen molar-refractivity contribution in [1.82, 2.24) is 9.78 Å². The van der Waals surface area contributed by atoms with Crippen molar-refractivity contribution in [2.24, 2.45) is 13.0 Å². The Morgan fingerprint density at radius 1 is 1.31 bits per heavy atom. The van der Waals surface area contributed by atoms with Crippen LogP contribution in [0.3, 0.4) is 0 Å². The first kappa shape index (κ1) is 18.1. The zero-order valence-electron chi connectivity index (χ0n) is 13.7. The fourth-order valence-electron chi connectivity index (χ4n) is 2.97. The smallest absolute Gasteiger partial charge is 0.326 e. The van der Waals surface area contributed by atoms with Gasteiger partial charge in [0.2, 0.25) is 5.91 Å². The van der Waals surface area contributed by atoms with Gasteiger partial charge in [0.25, 0.3) is 5.56 Å². The summed E-state index contributed by atoms with van der Waals surface area (Å²) < 4.78 is 52.8. The van der Waals surface area contributed by atoms with E-state index >= 15 is 0 Å². The van der Waals surface area contributed by atoms with Gasteiger partial charge in [0.1, 0.15) is 5.82 Å². The van der Waals surface area contributed by atoms with E-state index in [1.807, 2.05) is 0 Å². The van der Waals surface area contributed by atoms with Crippen LogP contribution in [0.5, 0.6) is 0 Å². The van der Waals surface area contributed by atoms with Crippen LogP contribution in [0.15, 0.2) is 29.1 Å². The molecule has 3 rings (SSSR count). The second-order valence-electron chi connectivity index (χ2n) is 6.20. The van der Waals surface area contributed by atoms with E-state index in [1.165, 1.54) is 17.8 Å². The van der Waals surface area contributed by atoms with Crippen molar-refractivity contribution in [2.75, 3.05) is 5.32 Å². The van der Waals surface area contributed by atoms with Gasteiger partial charge in [0.15, 0.2) is 0 Å². The van der Waals surface area contributed by atoms with Crippen LogP contribution in [-0.2, 0) is 30.9 Å². The summed E-state index contributed by atoms with van der Waals surface area (Å²) >= 11 is 0. The molecule has 2 aromatic rings. The predicted molar refractivity (Wildman–Crippen MR) is 85.0 cm³/mol. The number of carbonyl (C=O) groups is 1. The number of hydrogen-bond acceptors (Lipinski definition) is 3. The van der Waals surface area contributed by atoms with Gasteiger partial charge in [-0.1, -0.05) is 0 Å². The number of aryl methyl sites for hydroxylation is 2. The Labute approximate surface area is 145 Å². The number of rotatable bonds is 2. The number of alkyl halides is 3. The molecule has 0 bridgehead atoms. The monoisotopic (exact) mass is 369 g/mol. The van der Waals surface area contributed by atoms with Crippen LogP contribution < -0.4 is 10.9 Å². The molecule has 138 valence electrons. The van der Waals surface area contributed by atoms with Crippen LogP contribution in [0.2, 0.25) is 0 Å². The average Bonchev–Trinajstić information content (AvgIpc) is 2.56. The van der Waals surface area contributed by atoms with Crippen LogP contribution in [0.4, 0.5) is 23.2 Å². The van der Waals surface area contributed by atoms with E-state index < -0.39 is 29.4 Å². The maximum absolute atomic E-state index is 13.3. The molecule has 1 unspecified atom stereocenters. The molecule has 0 radical (unpaired) electrons. The normalized spacial score (nSPS) is 16.9. The first-order chi connectivity index (χ1) is 12.1. The summed E-state index contributed by atoms with van der Waals surface area (Å²) in [6.45, 7) is 0. The first-order valence-corrected chi connectivity index (χ1v) is 7.89. The van der Waals surface area contributed by atoms with Gasteiger partial charge in [-0.05, 0) is 43.0 Å². The summed E-state index contributed by atoms with van der Waals surface area (Å²) in [6, 6.07) is 3.74. The van der Waals surface area contributed by atoms with Crippen molar-refractivity contribution in [2.45, 2.75) is 25.4 Å². The standard InChI is InChI=1S/C17H15F4N3O2/c1-24-15(25)7-10-6-9(2-5-14(10)23-24)16(26)22-11-3-4-13(18)12(8-11)17(19,20)21/h3-4,7-9H,2,5-6H2,1H3,(H,22,26). The lowest BCUT2D eigenvalue weighted by molar-refractivity contribution is -0.140. The lowest BCUT2D eigenvalue weighted by Crippen LogP contribution is -2.31. The van der Waals surface area contributed by atoms with Crippen LogP contribution in [0.25, 0.3) is 0 Å². The molecule has 1 aromatic carbocycles. The molecule has 1 heterocycles. The molecule has 26 heavy (non-hydrogen) atoms. The van der Waals surface area contributed by atoms with Gasteiger partial charge in [0.05, 0.1) is 11.3 Å². The van der Waals surface area contributed by atoms with Gasteiger partial charge in [0, 0.05) is 24.7 Å². The second kappa shape index (κ2) is 6.54. The van der Waals surface area contributed by atoms with Gasteiger partial charge in [-0.15, -0.1) is 0 Å². The van der Waals surface area contributed by atoms with E-state index in [0.717, 1.165) is 11.8 Å². The lowest BCUT2D eigenvalue weighted by Gasteiger charge is -2.23. The Morgan fingerprint density at radius 3 is 2.73 bits per heavy atom. The highest BCUT2D eigenvalue weighted by Gasteiger charge is 2.34. The first-order valence-electron chi connectivity index (χ1n) is 7.89. The average molecular weight is 369 g/mol. The van der Waals surface area contributed by atoms with Crippen molar-refractivity contribution in [1.29, 1.82) is 0 Å². The fraction of sp³-hybridized carbons (Fsp3) is 0.353. The van der Waals surface area contributed by atoms with E-state index in [9.17, 15) is 27.2 Å². The summed E-state index contributed by atoms with van der Waals surface area (Å²) in [7, 11) is 1.54. The Bertz CT molecular complexity index is 921. The molecule has 5 nitrogen and oxygen atoms in total. The minimum atomic E-state index is -4.85. The third-order valence-electron chi connectivity index (χ3n) is 4.36. The van der Waals surface area contributed by atoms with Crippen molar-refractivity contribution < 1.29 is 22.4 Å². The zero-order chi connectivity index (χ0) is 19.1. The largest absolute Gasteiger partial charge is 0.419 e. The molecule has 1 aromatic heterocycles. The summed E-state index contributed by atoms with van der Waals surface area (Å²) in [5.41, 5.74) is -0.460. The van der Waals surface area contributed by atoms with E-state index in [0.29, 0.717) is 30.5 Å². The Kier molecular flexibility index (Phi) is 4.55. The van der Waals surface area contributed by atoms with E-state index in [2.05, 4.69) is 10.4 Å². The second-order valence-corrected chi connectivity index (χ2v) is 6.20. The third kappa shape index (κ3) is 3.61. The maximum Gasteiger partial charge on any atom is 0.419 e. The van der Waals surface area contributed by atoms with Gasteiger partial charge in [-0.3, -0.25) is 9.59 Å². The molecule has 0 aliphatic heterocycles. The number of carbonyl (C=O) groups excluding carboxylic acids is 1. The molecule has 0 spiro atoms. The van der Waals surface area contributed by atoms with Gasteiger partial charge >= 0.3 is 6.18 Å². The Morgan fingerprint density at radius 2 is 2.04 bits per heavy atom. The lowest BCUT2D eigenvalue weighted by atomic mass is 9.86. The van der Waals surface area contributed by atoms with E-state index in [-0.39, 0.29) is 17.7 Å². The summed E-state index contributed by atoms with van der Waals surface area (Å²) in [5.74, 6) is -2.38. The summed E-state index contributed by atoms with van der Waals surface area (Å²) in [4.78, 5) is 24.1. The van der Waals surface area contributed by atoms with E-state index in [1.54, 1.807) is 0 Å². The topological polar surface area (TPSA) is 64.0 Å². The Balaban J connectivity index is 1.77. The van der Waals surface area contributed by atoms with Crippen LogP contribution in [0.1, 0.15) is 23.2 Å². The molecule has 1 amide bonds. The number of benzene rings is 1. The molecule has 0 saturated heterocycles. The van der Waals surface area contributed by atoms with E-state index in [4.69, 9.17) is 0 Å². The highest BCUT2D eigenvalue weighted by molar-refractivity contribution is 5.93. The quantitative estimate of drug-likeness (QED) is 0.828. The SMILES string of the molecule is Cn1nc2c(cc1=O)CC(C(=O)Nc1ccc(F)c(C(F)(F)F)c1)CC2. The number of nitrogens with zero attached hydrogens (tertiary/aromatic N) is 2. The van der Waals surface area contributed by atoms with Crippen molar-refractivity contribution in [3.8, 4) is 0 Å². The Hall–Kier alpha value is -2.71. The number of fused-ring (bicyclic) bond motifs is 1. The van der Waals surface area contributed by atoms with Crippen LogP contribution >= 0.6 is 0 Å². The van der Waals surface area contributed by atoms with Gasteiger partial charge < -0.3 is 5.32 Å². The number of anilines is 1. The number of halogens is 4. The molecule has 1 aliphatic rings.